The summed E-state index contributed by atoms with van der Waals surface area (Å²) in [4.78, 5) is 20.7. The Labute approximate surface area is 122 Å². The molecule has 0 heterocycles. The summed E-state index contributed by atoms with van der Waals surface area (Å²) in [5, 5.41) is 13.7. The molecule has 0 spiro atoms. The minimum atomic E-state index is -1.08. The number of unbranched alkanes of at least 4 members (excludes halogenated alkanes) is 9. The van der Waals surface area contributed by atoms with E-state index in [1.54, 1.807) is 0 Å². The molecule has 0 rings (SSSR count). The number of hydrogen-bond acceptors (Lipinski definition) is 3. The Bertz CT molecular complexity index is 247. The molecule has 0 aliphatic rings. The number of nitroso groups, excluding NO2 is 1. The molecule has 0 aromatic carbocycles. The van der Waals surface area contributed by atoms with E-state index in [2.05, 4.69) is 17.4 Å². The second-order valence-electron chi connectivity index (χ2n) is 5.43. The van der Waals surface area contributed by atoms with Gasteiger partial charge in [-0.25, -0.2) is 4.79 Å². The molecule has 0 saturated heterocycles. The van der Waals surface area contributed by atoms with Gasteiger partial charge in [-0.2, -0.15) is 4.91 Å². The van der Waals surface area contributed by atoms with E-state index in [4.69, 9.17) is 5.11 Å². The Morgan fingerprint density at radius 3 is 1.95 bits per heavy atom. The van der Waals surface area contributed by atoms with E-state index >= 15 is 0 Å². The highest BCUT2D eigenvalue weighted by Crippen LogP contribution is 2.12. The smallest absolute Gasteiger partial charge is 0.404 e. The summed E-state index contributed by atoms with van der Waals surface area (Å²) >= 11 is 0. The fourth-order valence-electron chi connectivity index (χ4n) is 2.35. The first-order chi connectivity index (χ1) is 9.70. The van der Waals surface area contributed by atoms with Gasteiger partial charge in [-0.3, -0.25) is 0 Å². The normalized spacial score (nSPS) is 12.1. The first-order valence-corrected chi connectivity index (χ1v) is 7.99. The van der Waals surface area contributed by atoms with Gasteiger partial charge in [0.1, 0.15) is 6.54 Å². The highest BCUT2D eigenvalue weighted by Gasteiger charge is 2.10. The summed E-state index contributed by atoms with van der Waals surface area (Å²) in [6, 6.07) is -0.320. The molecule has 1 unspecified atom stereocenters. The molecule has 1 atom stereocenters. The number of amides is 1. The molecular formula is C15H30N2O3. The van der Waals surface area contributed by atoms with Gasteiger partial charge < -0.3 is 10.4 Å². The van der Waals surface area contributed by atoms with Crippen molar-refractivity contribution >= 4 is 6.09 Å². The predicted octanol–water partition coefficient (Wildman–Crippen LogP) is 4.70. The summed E-state index contributed by atoms with van der Waals surface area (Å²) in [6.07, 6.45) is 12.1. The average Bonchev–Trinajstić information content (AvgIpc) is 2.40. The van der Waals surface area contributed by atoms with Gasteiger partial charge in [0.2, 0.25) is 0 Å². The van der Waals surface area contributed by atoms with Crippen molar-refractivity contribution in [2.75, 3.05) is 6.54 Å². The average molecular weight is 286 g/mol. The Balaban J connectivity index is 3.36. The molecule has 0 aliphatic heterocycles. The molecule has 5 nitrogen and oxygen atoms in total. The molecule has 1 amide bonds. The van der Waals surface area contributed by atoms with Crippen molar-refractivity contribution in [3.05, 3.63) is 4.91 Å². The molecule has 0 aromatic rings. The SMILES string of the molecule is CCCCCCCCCCCCC(CN=O)NC(=O)O. The second kappa shape index (κ2) is 14.3. The third-order valence-corrected chi connectivity index (χ3v) is 3.53. The van der Waals surface area contributed by atoms with Crippen LogP contribution >= 0.6 is 0 Å². The van der Waals surface area contributed by atoms with Crippen LogP contribution in [-0.2, 0) is 0 Å². The minimum Gasteiger partial charge on any atom is -0.465 e. The third kappa shape index (κ3) is 13.3. The topological polar surface area (TPSA) is 78.8 Å². The van der Waals surface area contributed by atoms with Crippen LogP contribution in [-0.4, -0.2) is 23.8 Å². The Hall–Kier alpha value is -1.13. The molecule has 0 saturated carbocycles. The van der Waals surface area contributed by atoms with Gasteiger partial charge >= 0.3 is 6.09 Å². The first kappa shape index (κ1) is 18.9. The molecule has 5 heteroatoms. The monoisotopic (exact) mass is 286 g/mol. The van der Waals surface area contributed by atoms with E-state index in [0.717, 1.165) is 12.8 Å². The fraction of sp³-hybridized carbons (Fsp3) is 0.933. The number of nitrogens with one attached hydrogen (secondary N) is 1. The quantitative estimate of drug-likeness (QED) is 0.359. The lowest BCUT2D eigenvalue weighted by Crippen LogP contribution is -2.35. The van der Waals surface area contributed by atoms with Gasteiger partial charge in [0.15, 0.2) is 0 Å². The van der Waals surface area contributed by atoms with Gasteiger partial charge in [0.25, 0.3) is 0 Å². The standard InChI is InChI=1S/C15H30N2O3/c1-2-3-4-5-6-7-8-9-10-11-12-14(13-16-20)17-15(18)19/h14,17H,2-13H2,1H3,(H,18,19). The van der Waals surface area contributed by atoms with Crippen molar-refractivity contribution < 1.29 is 9.90 Å². The summed E-state index contributed by atoms with van der Waals surface area (Å²) in [5.74, 6) is 0. The maximum Gasteiger partial charge on any atom is 0.404 e. The van der Waals surface area contributed by atoms with E-state index in [1.165, 1.54) is 51.4 Å². The van der Waals surface area contributed by atoms with Crippen LogP contribution < -0.4 is 5.32 Å². The zero-order valence-electron chi connectivity index (χ0n) is 12.8. The van der Waals surface area contributed by atoms with Crippen LogP contribution in [0.1, 0.15) is 77.6 Å². The summed E-state index contributed by atoms with van der Waals surface area (Å²) in [7, 11) is 0. The van der Waals surface area contributed by atoms with Gasteiger partial charge in [0.05, 0.1) is 6.04 Å². The first-order valence-electron chi connectivity index (χ1n) is 7.99. The number of hydrogen-bond donors (Lipinski definition) is 2. The maximum absolute atomic E-state index is 10.5. The Kier molecular flexibility index (Phi) is 13.5. The lowest BCUT2D eigenvalue weighted by molar-refractivity contribution is 0.189. The Morgan fingerprint density at radius 1 is 1.00 bits per heavy atom. The summed E-state index contributed by atoms with van der Waals surface area (Å²) in [6.45, 7) is 2.26. The van der Waals surface area contributed by atoms with Crippen LogP contribution in [0, 0.1) is 4.91 Å². The zero-order valence-corrected chi connectivity index (χ0v) is 12.8. The molecular weight excluding hydrogens is 256 g/mol. The van der Waals surface area contributed by atoms with Crippen molar-refractivity contribution in [3.8, 4) is 0 Å². The summed E-state index contributed by atoms with van der Waals surface area (Å²) < 4.78 is 0. The summed E-state index contributed by atoms with van der Waals surface area (Å²) in [5.41, 5.74) is 0. The van der Waals surface area contributed by atoms with Crippen LogP contribution in [0.5, 0.6) is 0 Å². The van der Waals surface area contributed by atoms with Crippen molar-refractivity contribution in [1.29, 1.82) is 0 Å². The van der Waals surface area contributed by atoms with E-state index in [0.29, 0.717) is 6.42 Å². The van der Waals surface area contributed by atoms with Crippen LogP contribution in [0.25, 0.3) is 0 Å². The molecule has 0 fully saturated rings. The Morgan fingerprint density at radius 2 is 1.50 bits per heavy atom. The lowest BCUT2D eigenvalue weighted by atomic mass is 10.0. The number of nitrogens with zero attached hydrogens (tertiary/aromatic N) is 1. The van der Waals surface area contributed by atoms with Crippen LogP contribution in [0.2, 0.25) is 0 Å². The van der Waals surface area contributed by atoms with E-state index < -0.39 is 6.09 Å². The molecule has 0 aliphatic carbocycles. The van der Waals surface area contributed by atoms with Gasteiger partial charge in [0, 0.05) is 0 Å². The third-order valence-electron chi connectivity index (χ3n) is 3.53. The zero-order chi connectivity index (χ0) is 15.1. The lowest BCUT2D eigenvalue weighted by Gasteiger charge is -2.12. The number of carbonyl (C=O) groups is 1. The van der Waals surface area contributed by atoms with E-state index in [-0.39, 0.29) is 12.6 Å². The predicted molar refractivity (Wildman–Crippen MR) is 82.1 cm³/mol. The van der Waals surface area contributed by atoms with Crippen molar-refractivity contribution in [2.24, 2.45) is 5.18 Å². The van der Waals surface area contributed by atoms with Crippen LogP contribution in [0.15, 0.2) is 5.18 Å². The number of rotatable bonds is 14. The largest absolute Gasteiger partial charge is 0.465 e. The van der Waals surface area contributed by atoms with Crippen molar-refractivity contribution in [3.63, 3.8) is 0 Å². The van der Waals surface area contributed by atoms with Crippen LogP contribution in [0.3, 0.4) is 0 Å². The molecule has 2 N–H and O–H groups in total. The van der Waals surface area contributed by atoms with Gasteiger partial charge in [-0.05, 0) is 6.42 Å². The van der Waals surface area contributed by atoms with Gasteiger partial charge in [-0.15, -0.1) is 0 Å². The van der Waals surface area contributed by atoms with Crippen LogP contribution in [0.4, 0.5) is 4.79 Å². The van der Waals surface area contributed by atoms with Gasteiger partial charge in [-0.1, -0.05) is 76.3 Å². The molecule has 118 valence electrons. The highest BCUT2D eigenvalue weighted by atomic mass is 16.4. The van der Waals surface area contributed by atoms with E-state index in [1.807, 2.05) is 0 Å². The maximum atomic E-state index is 10.5. The second-order valence-corrected chi connectivity index (χ2v) is 5.43. The molecule has 0 aromatic heterocycles. The number of carboxylic acid groups (broad SMARTS) is 1. The van der Waals surface area contributed by atoms with Crippen molar-refractivity contribution in [1.82, 2.24) is 5.32 Å². The minimum absolute atomic E-state index is 0.0315. The molecule has 20 heavy (non-hydrogen) atoms. The van der Waals surface area contributed by atoms with E-state index in [9.17, 15) is 9.70 Å². The molecule has 0 radical (unpaired) electrons. The van der Waals surface area contributed by atoms with Crippen molar-refractivity contribution in [2.45, 2.75) is 83.6 Å². The fourth-order valence-corrected chi connectivity index (χ4v) is 2.35. The molecule has 0 bridgehead atoms. The highest BCUT2D eigenvalue weighted by molar-refractivity contribution is 5.64.